The van der Waals surface area contributed by atoms with Gasteiger partial charge in [-0.2, -0.15) is 0 Å². The van der Waals surface area contributed by atoms with Gasteiger partial charge in [-0.25, -0.2) is 0 Å². The van der Waals surface area contributed by atoms with E-state index in [0.717, 1.165) is 11.3 Å². The molecule has 0 aromatic heterocycles. The summed E-state index contributed by atoms with van der Waals surface area (Å²) in [6.45, 7) is 0. The Labute approximate surface area is 126 Å². The Morgan fingerprint density at radius 2 is 1.68 bits per heavy atom. The minimum atomic E-state index is 0.405. The van der Waals surface area contributed by atoms with Crippen LogP contribution in [0.4, 0.5) is 5.69 Å². The zero-order valence-electron chi connectivity index (χ0n) is 10.0. The van der Waals surface area contributed by atoms with Crippen LogP contribution in [0.1, 0.15) is 5.56 Å². The second kappa shape index (κ2) is 6.29. The van der Waals surface area contributed by atoms with E-state index in [-0.39, 0.29) is 0 Å². The molecule has 0 saturated carbocycles. The van der Waals surface area contributed by atoms with E-state index < -0.39 is 0 Å². The summed E-state index contributed by atoms with van der Waals surface area (Å²) >= 11 is 17.9. The van der Waals surface area contributed by atoms with Crippen LogP contribution in [-0.2, 0) is 0 Å². The number of benzene rings is 2. The van der Waals surface area contributed by atoms with Crippen molar-refractivity contribution in [1.29, 1.82) is 0 Å². The van der Waals surface area contributed by atoms with Crippen LogP contribution in [0.5, 0.6) is 5.75 Å². The molecule has 0 saturated heterocycles. The Kier molecular flexibility index (Phi) is 4.70. The number of rotatable bonds is 3. The summed E-state index contributed by atoms with van der Waals surface area (Å²) in [6.07, 6.45) is 1.67. The molecule has 0 N–H and O–H groups in total. The average molecular weight is 315 g/mol. The van der Waals surface area contributed by atoms with E-state index in [0.29, 0.717) is 20.8 Å². The molecule has 0 unspecified atom stereocenters. The smallest absolute Gasteiger partial charge is 0.127 e. The van der Waals surface area contributed by atoms with Gasteiger partial charge in [0, 0.05) is 11.8 Å². The summed E-state index contributed by atoms with van der Waals surface area (Å²) in [5.74, 6) is 0.738. The molecular formula is C14H10Cl3NO. The van der Waals surface area contributed by atoms with Crippen molar-refractivity contribution in [1.82, 2.24) is 0 Å². The second-order valence-electron chi connectivity index (χ2n) is 3.72. The maximum Gasteiger partial charge on any atom is 0.127 e. The molecule has 0 bridgehead atoms. The first-order valence-corrected chi connectivity index (χ1v) is 6.57. The van der Waals surface area contributed by atoms with Crippen LogP contribution in [0.3, 0.4) is 0 Å². The first-order valence-electron chi connectivity index (χ1n) is 5.43. The van der Waals surface area contributed by atoms with Gasteiger partial charge in [0.25, 0.3) is 0 Å². The molecule has 2 aromatic rings. The van der Waals surface area contributed by atoms with Crippen LogP contribution >= 0.6 is 34.8 Å². The predicted octanol–water partition coefficient (Wildman–Crippen LogP) is 5.41. The van der Waals surface area contributed by atoms with Crippen LogP contribution in [0.25, 0.3) is 0 Å². The fourth-order valence-electron chi connectivity index (χ4n) is 1.52. The standard InChI is InChI=1S/C14H10Cl3NO/c1-19-14-5-3-2-4-9(14)8-18-13-7-11(16)10(15)6-12(13)17/h2-8H,1H3. The topological polar surface area (TPSA) is 21.6 Å². The molecule has 0 aliphatic heterocycles. The van der Waals surface area contributed by atoms with Gasteiger partial charge in [0.15, 0.2) is 0 Å². The lowest BCUT2D eigenvalue weighted by molar-refractivity contribution is 0.414. The number of hydrogen-bond donors (Lipinski definition) is 0. The summed E-state index contributed by atoms with van der Waals surface area (Å²) in [5.41, 5.74) is 1.41. The third-order valence-corrected chi connectivity index (χ3v) is 3.50. The average Bonchev–Trinajstić information content (AvgIpc) is 2.41. The van der Waals surface area contributed by atoms with E-state index in [9.17, 15) is 0 Å². The third kappa shape index (κ3) is 3.41. The van der Waals surface area contributed by atoms with Gasteiger partial charge in [0.1, 0.15) is 5.75 Å². The highest BCUT2D eigenvalue weighted by atomic mass is 35.5. The number of nitrogens with zero attached hydrogens (tertiary/aromatic N) is 1. The first-order chi connectivity index (χ1) is 9.11. The van der Waals surface area contributed by atoms with Gasteiger partial charge in [0.05, 0.1) is 27.9 Å². The molecule has 0 aliphatic rings. The van der Waals surface area contributed by atoms with E-state index >= 15 is 0 Å². The molecule has 0 atom stereocenters. The fraction of sp³-hybridized carbons (Fsp3) is 0.0714. The number of aliphatic imine (C=N–C) groups is 1. The highest BCUT2D eigenvalue weighted by Gasteiger charge is 2.05. The van der Waals surface area contributed by atoms with Crippen LogP contribution in [-0.4, -0.2) is 13.3 Å². The molecule has 2 aromatic carbocycles. The van der Waals surface area contributed by atoms with Gasteiger partial charge in [-0.3, -0.25) is 4.99 Å². The molecule has 5 heteroatoms. The largest absolute Gasteiger partial charge is 0.496 e. The third-order valence-electron chi connectivity index (χ3n) is 2.47. The number of para-hydroxylation sites is 1. The lowest BCUT2D eigenvalue weighted by atomic mass is 10.2. The van der Waals surface area contributed by atoms with Crippen molar-refractivity contribution in [2.45, 2.75) is 0 Å². The highest BCUT2D eigenvalue weighted by molar-refractivity contribution is 6.43. The monoisotopic (exact) mass is 313 g/mol. The zero-order chi connectivity index (χ0) is 13.8. The van der Waals surface area contributed by atoms with Gasteiger partial charge in [-0.15, -0.1) is 0 Å². The zero-order valence-corrected chi connectivity index (χ0v) is 12.3. The molecule has 98 valence electrons. The normalized spacial score (nSPS) is 10.9. The Morgan fingerprint density at radius 3 is 2.42 bits per heavy atom. The van der Waals surface area contributed by atoms with Crippen molar-refractivity contribution in [3.05, 3.63) is 57.0 Å². The van der Waals surface area contributed by atoms with E-state index in [1.165, 1.54) is 0 Å². The molecule has 0 radical (unpaired) electrons. The van der Waals surface area contributed by atoms with Crippen molar-refractivity contribution >= 4 is 46.7 Å². The van der Waals surface area contributed by atoms with Crippen LogP contribution in [0.15, 0.2) is 41.4 Å². The van der Waals surface area contributed by atoms with Gasteiger partial charge in [-0.05, 0) is 24.3 Å². The summed E-state index contributed by atoms with van der Waals surface area (Å²) in [5, 5.41) is 1.27. The van der Waals surface area contributed by atoms with Crippen LogP contribution < -0.4 is 4.74 Å². The predicted molar refractivity (Wildman–Crippen MR) is 81.7 cm³/mol. The maximum atomic E-state index is 6.05. The first kappa shape index (κ1) is 14.2. The SMILES string of the molecule is COc1ccccc1C=Nc1cc(Cl)c(Cl)cc1Cl. The molecular weight excluding hydrogens is 305 g/mol. The Hall–Kier alpha value is -1.22. The number of halogens is 3. The van der Waals surface area contributed by atoms with Gasteiger partial charge in [0.2, 0.25) is 0 Å². The molecule has 2 rings (SSSR count). The quantitative estimate of drug-likeness (QED) is 0.548. The fourth-order valence-corrected chi connectivity index (χ4v) is 2.11. The molecule has 0 aliphatic carbocycles. The molecule has 0 spiro atoms. The van der Waals surface area contributed by atoms with Crippen molar-refractivity contribution in [3.8, 4) is 5.75 Å². The maximum absolute atomic E-state index is 6.05. The number of ether oxygens (including phenoxy) is 1. The minimum Gasteiger partial charge on any atom is -0.496 e. The van der Waals surface area contributed by atoms with Gasteiger partial charge < -0.3 is 4.74 Å². The number of hydrogen-bond acceptors (Lipinski definition) is 2. The Bertz CT molecular complexity index is 626. The van der Waals surface area contributed by atoms with Crippen LogP contribution in [0, 0.1) is 0 Å². The summed E-state index contributed by atoms with van der Waals surface area (Å²) in [7, 11) is 1.61. The van der Waals surface area contributed by atoms with E-state index in [2.05, 4.69) is 4.99 Å². The Balaban J connectivity index is 2.35. The van der Waals surface area contributed by atoms with Crippen molar-refractivity contribution in [3.63, 3.8) is 0 Å². The second-order valence-corrected chi connectivity index (χ2v) is 4.94. The molecule has 19 heavy (non-hydrogen) atoms. The molecule has 0 amide bonds. The number of methoxy groups -OCH3 is 1. The molecule has 0 heterocycles. The van der Waals surface area contributed by atoms with Crippen LogP contribution in [0.2, 0.25) is 15.1 Å². The minimum absolute atomic E-state index is 0.405. The molecule has 0 fully saturated rings. The summed E-state index contributed by atoms with van der Waals surface area (Å²) < 4.78 is 5.24. The molecule has 2 nitrogen and oxygen atoms in total. The Morgan fingerprint density at radius 1 is 1.00 bits per heavy atom. The highest BCUT2D eigenvalue weighted by Crippen LogP contribution is 2.34. The lowest BCUT2D eigenvalue weighted by Gasteiger charge is -2.04. The van der Waals surface area contributed by atoms with E-state index in [4.69, 9.17) is 39.5 Å². The van der Waals surface area contributed by atoms with Gasteiger partial charge >= 0.3 is 0 Å². The lowest BCUT2D eigenvalue weighted by Crippen LogP contribution is -1.89. The van der Waals surface area contributed by atoms with Gasteiger partial charge in [-0.1, -0.05) is 46.9 Å². The van der Waals surface area contributed by atoms with Crippen molar-refractivity contribution in [2.24, 2.45) is 4.99 Å². The summed E-state index contributed by atoms with van der Waals surface area (Å²) in [6, 6.07) is 10.7. The van der Waals surface area contributed by atoms with E-state index in [1.54, 1.807) is 25.5 Å². The van der Waals surface area contributed by atoms with E-state index in [1.807, 2.05) is 24.3 Å². The van der Waals surface area contributed by atoms with Crippen molar-refractivity contribution < 1.29 is 4.74 Å². The van der Waals surface area contributed by atoms with Crippen molar-refractivity contribution in [2.75, 3.05) is 7.11 Å². The summed E-state index contributed by atoms with van der Waals surface area (Å²) in [4.78, 5) is 4.31.